The van der Waals surface area contributed by atoms with Gasteiger partial charge in [-0.25, -0.2) is 0 Å². The van der Waals surface area contributed by atoms with Gasteiger partial charge in [0.15, 0.2) is 0 Å². The summed E-state index contributed by atoms with van der Waals surface area (Å²) in [5, 5.41) is 8.31. The highest BCUT2D eigenvalue weighted by atomic mass is 15.1. The Labute approximate surface area is 130 Å². The molecule has 22 heavy (non-hydrogen) atoms. The molecule has 3 aromatic rings. The van der Waals surface area contributed by atoms with Crippen molar-refractivity contribution < 1.29 is 0 Å². The van der Waals surface area contributed by atoms with Crippen LogP contribution in [0.1, 0.15) is 17.5 Å². The van der Waals surface area contributed by atoms with Crippen LogP contribution in [0.15, 0.2) is 66.7 Å². The fraction of sp³-hybridized carbons (Fsp3) is 0.158. The summed E-state index contributed by atoms with van der Waals surface area (Å²) in [6.45, 7) is 0. The number of benzene rings is 2. The number of nitrogens with two attached hydrogens (primary N) is 1. The van der Waals surface area contributed by atoms with Crippen molar-refractivity contribution >= 4 is 5.82 Å². The molecule has 0 spiro atoms. The SMILES string of the molecule is Nc1nnc(-c2ccccc2)cc1CCCc1ccccc1. The second-order valence-electron chi connectivity index (χ2n) is 5.35. The Kier molecular flexibility index (Phi) is 4.44. The number of rotatable bonds is 5. The van der Waals surface area contributed by atoms with Crippen LogP contribution >= 0.6 is 0 Å². The molecule has 0 bridgehead atoms. The molecule has 0 saturated heterocycles. The molecular weight excluding hydrogens is 270 g/mol. The molecule has 2 aromatic carbocycles. The lowest BCUT2D eigenvalue weighted by Crippen LogP contribution is -2.02. The van der Waals surface area contributed by atoms with Gasteiger partial charge in [0, 0.05) is 5.56 Å². The van der Waals surface area contributed by atoms with Crippen LogP contribution in [0.2, 0.25) is 0 Å². The van der Waals surface area contributed by atoms with E-state index in [0.29, 0.717) is 5.82 Å². The maximum absolute atomic E-state index is 5.97. The molecule has 3 rings (SSSR count). The third-order valence-electron chi connectivity index (χ3n) is 3.73. The highest BCUT2D eigenvalue weighted by Crippen LogP contribution is 2.20. The van der Waals surface area contributed by atoms with E-state index in [1.54, 1.807) is 0 Å². The quantitative estimate of drug-likeness (QED) is 0.775. The van der Waals surface area contributed by atoms with Crippen LogP contribution in [0, 0.1) is 0 Å². The van der Waals surface area contributed by atoms with E-state index in [0.717, 1.165) is 36.1 Å². The molecule has 3 heteroatoms. The van der Waals surface area contributed by atoms with Crippen molar-refractivity contribution in [3.05, 3.63) is 77.9 Å². The summed E-state index contributed by atoms with van der Waals surface area (Å²) in [7, 11) is 0. The van der Waals surface area contributed by atoms with Gasteiger partial charge in [0.05, 0.1) is 5.69 Å². The molecule has 0 radical (unpaired) electrons. The Balaban J connectivity index is 1.71. The lowest BCUT2D eigenvalue weighted by molar-refractivity contribution is 0.814. The lowest BCUT2D eigenvalue weighted by Gasteiger charge is -2.07. The monoisotopic (exact) mass is 289 g/mol. The smallest absolute Gasteiger partial charge is 0.149 e. The van der Waals surface area contributed by atoms with Crippen molar-refractivity contribution in [2.45, 2.75) is 19.3 Å². The first-order valence-electron chi connectivity index (χ1n) is 7.54. The molecule has 1 heterocycles. The van der Waals surface area contributed by atoms with Crippen LogP contribution < -0.4 is 5.73 Å². The van der Waals surface area contributed by atoms with E-state index in [4.69, 9.17) is 5.73 Å². The molecule has 110 valence electrons. The lowest BCUT2D eigenvalue weighted by atomic mass is 10.0. The summed E-state index contributed by atoms with van der Waals surface area (Å²) in [5.41, 5.74) is 10.3. The van der Waals surface area contributed by atoms with Crippen molar-refractivity contribution in [1.29, 1.82) is 0 Å². The second kappa shape index (κ2) is 6.85. The van der Waals surface area contributed by atoms with Crippen molar-refractivity contribution in [3.8, 4) is 11.3 Å². The molecule has 0 aliphatic rings. The fourth-order valence-electron chi connectivity index (χ4n) is 2.52. The van der Waals surface area contributed by atoms with Crippen LogP contribution in [0.3, 0.4) is 0 Å². The highest BCUT2D eigenvalue weighted by Gasteiger charge is 2.06. The first-order valence-corrected chi connectivity index (χ1v) is 7.54. The van der Waals surface area contributed by atoms with Crippen LogP contribution in [-0.4, -0.2) is 10.2 Å². The van der Waals surface area contributed by atoms with Crippen molar-refractivity contribution in [1.82, 2.24) is 10.2 Å². The summed E-state index contributed by atoms with van der Waals surface area (Å²) in [4.78, 5) is 0. The van der Waals surface area contributed by atoms with Gasteiger partial charge in [-0.2, -0.15) is 0 Å². The minimum absolute atomic E-state index is 0.535. The molecule has 0 fully saturated rings. The Morgan fingerprint density at radius 1 is 0.773 bits per heavy atom. The third-order valence-corrected chi connectivity index (χ3v) is 3.73. The van der Waals surface area contributed by atoms with E-state index in [1.165, 1.54) is 5.56 Å². The summed E-state index contributed by atoms with van der Waals surface area (Å²) < 4.78 is 0. The molecule has 0 aliphatic heterocycles. The van der Waals surface area contributed by atoms with E-state index >= 15 is 0 Å². The van der Waals surface area contributed by atoms with E-state index in [1.807, 2.05) is 36.4 Å². The van der Waals surface area contributed by atoms with Crippen LogP contribution in [0.5, 0.6) is 0 Å². The number of anilines is 1. The van der Waals surface area contributed by atoms with Crippen molar-refractivity contribution in [3.63, 3.8) is 0 Å². The highest BCUT2D eigenvalue weighted by molar-refractivity contribution is 5.61. The summed E-state index contributed by atoms with van der Waals surface area (Å²) in [6.07, 6.45) is 3.01. The number of aromatic nitrogens is 2. The van der Waals surface area contributed by atoms with Gasteiger partial charge in [-0.15, -0.1) is 10.2 Å². The zero-order valence-electron chi connectivity index (χ0n) is 12.4. The Morgan fingerprint density at radius 2 is 1.45 bits per heavy atom. The van der Waals surface area contributed by atoms with E-state index in [2.05, 4.69) is 40.5 Å². The average molecular weight is 289 g/mol. The number of hydrogen-bond acceptors (Lipinski definition) is 3. The largest absolute Gasteiger partial charge is 0.382 e. The van der Waals surface area contributed by atoms with Gasteiger partial charge in [0.25, 0.3) is 0 Å². The predicted octanol–water partition coefficient (Wildman–Crippen LogP) is 3.90. The van der Waals surface area contributed by atoms with Gasteiger partial charge < -0.3 is 5.73 Å². The molecule has 0 aliphatic carbocycles. The number of hydrogen-bond donors (Lipinski definition) is 1. The normalized spacial score (nSPS) is 10.5. The number of nitrogens with zero attached hydrogens (tertiary/aromatic N) is 2. The van der Waals surface area contributed by atoms with Crippen molar-refractivity contribution in [2.75, 3.05) is 5.73 Å². The minimum atomic E-state index is 0.535. The first-order chi connectivity index (χ1) is 10.8. The second-order valence-corrected chi connectivity index (χ2v) is 5.35. The summed E-state index contributed by atoms with van der Waals surface area (Å²) in [5.74, 6) is 0.535. The molecule has 3 nitrogen and oxygen atoms in total. The topological polar surface area (TPSA) is 51.8 Å². The van der Waals surface area contributed by atoms with E-state index in [9.17, 15) is 0 Å². The van der Waals surface area contributed by atoms with Gasteiger partial charge in [-0.1, -0.05) is 60.7 Å². The van der Waals surface area contributed by atoms with Gasteiger partial charge in [-0.05, 0) is 36.5 Å². The maximum atomic E-state index is 5.97. The van der Waals surface area contributed by atoms with E-state index in [-0.39, 0.29) is 0 Å². The van der Waals surface area contributed by atoms with Gasteiger partial charge in [0.1, 0.15) is 5.82 Å². The fourth-order valence-corrected chi connectivity index (χ4v) is 2.52. The van der Waals surface area contributed by atoms with Gasteiger partial charge in [-0.3, -0.25) is 0 Å². The molecule has 0 atom stereocenters. The Hall–Kier alpha value is -2.68. The molecule has 0 unspecified atom stereocenters. The number of nitrogen functional groups attached to an aromatic ring is 1. The molecule has 0 amide bonds. The average Bonchev–Trinajstić information content (AvgIpc) is 2.58. The molecule has 0 saturated carbocycles. The van der Waals surface area contributed by atoms with Crippen LogP contribution in [0.4, 0.5) is 5.82 Å². The zero-order valence-corrected chi connectivity index (χ0v) is 12.4. The maximum Gasteiger partial charge on any atom is 0.149 e. The van der Waals surface area contributed by atoms with Gasteiger partial charge in [0.2, 0.25) is 0 Å². The zero-order chi connectivity index (χ0) is 15.2. The minimum Gasteiger partial charge on any atom is -0.382 e. The summed E-state index contributed by atoms with van der Waals surface area (Å²) >= 11 is 0. The number of aryl methyl sites for hydroxylation is 2. The van der Waals surface area contributed by atoms with Crippen LogP contribution in [0.25, 0.3) is 11.3 Å². The molecule has 1 aromatic heterocycles. The standard InChI is InChI=1S/C19H19N3/c20-19-17(13-7-10-15-8-3-1-4-9-15)14-18(21-22-19)16-11-5-2-6-12-16/h1-6,8-9,11-12,14H,7,10,13H2,(H2,20,22). The Morgan fingerprint density at radius 3 is 2.18 bits per heavy atom. The molecular formula is C19H19N3. The third kappa shape index (κ3) is 3.50. The predicted molar refractivity (Wildman–Crippen MR) is 90.3 cm³/mol. The molecule has 2 N–H and O–H groups in total. The first kappa shape index (κ1) is 14.3. The Bertz CT molecular complexity index is 724. The summed E-state index contributed by atoms with van der Waals surface area (Å²) in [6, 6.07) is 22.6. The van der Waals surface area contributed by atoms with Gasteiger partial charge >= 0.3 is 0 Å². The van der Waals surface area contributed by atoms with Crippen molar-refractivity contribution in [2.24, 2.45) is 0 Å². The van der Waals surface area contributed by atoms with Crippen LogP contribution in [-0.2, 0) is 12.8 Å². The van der Waals surface area contributed by atoms with E-state index < -0.39 is 0 Å².